The number of hydrogen-bond donors (Lipinski definition) is 2. The molecule has 2 N–H and O–H groups in total. The van der Waals surface area contributed by atoms with Crippen LogP contribution in [0.2, 0.25) is 0 Å². The number of aryl methyl sites for hydroxylation is 1. The molecule has 1 atom stereocenters. The molecule has 0 bridgehead atoms. The summed E-state index contributed by atoms with van der Waals surface area (Å²) < 4.78 is 20.7. The highest BCUT2D eigenvalue weighted by Gasteiger charge is 2.06. The molecule has 138 valence electrons. The Kier molecular flexibility index (Phi) is 9.25. The Morgan fingerprint density at radius 2 is 2.20 bits per heavy atom. The summed E-state index contributed by atoms with van der Waals surface area (Å²) >= 11 is 0. The Labute approximate surface area is 164 Å². The summed E-state index contributed by atoms with van der Waals surface area (Å²) in [6.45, 7) is 5.94. The van der Waals surface area contributed by atoms with Crippen molar-refractivity contribution in [1.29, 1.82) is 0 Å². The van der Waals surface area contributed by atoms with E-state index in [9.17, 15) is 4.39 Å². The van der Waals surface area contributed by atoms with Gasteiger partial charge in [-0.2, -0.15) is 5.10 Å². The third kappa shape index (κ3) is 7.72. The van der Waals surface area contributed by atoms with E-state index < -0.39 is 0 Å². The van der Waals surface area contributed by atoms with Crippen LogP contribution in [0.15, 0.2) is 41.7 Å². The summed E-state index contributed by atoms with van der Waals surface area (Å²) in [6.07, 6.45) is 3.70. The van der Waals surface area contributed by atoms with Gasteiger partial charge in [-0.1, -0.05) is 6.07 Å². The van der Waals surface area contributed by atoms with E-state index in [1.807, 2.05) is 30.9 Å². The monoisotopic (exact) mass is 461 g/mol. The van der Waals surface area contributed by atoms with Crippen LogP contribution in [0.1, 0.15) is 12.5 Å². The Hall–Kier alpha value is -1.84. The van der Waals surface area contributed by atoms with Crippen LogP contribution in [0.5, 0.6) is 5.75 Å². The standard InChI is InChI=1S/C17H24FN5O.HI/c1-13-10-22-23(12-13)8-7-20-17(19-3)21-11-14(2)24-16-6-4-5-15(18)9-16;/h4-6,9-10,12,14H,7-8,11H2,1-3H3,(H2,19,20,21);1H. The molecule has 0 amide bonds. The van der Waals surface area contributed by atoms with Gasteiger partial charge in [0.1, 0.15) is 17.7 Å². The van der Waals surface area contributed by atoms with Gasteiger partial charge < -0.3 is 15.4 Å². The second-order valence-electron chi connectivity index (χ2n) is 5.55. The molecule has 1 heterocycles. The van der Waals surface area contributed by atoms with Crippen molar-refractivity contribution >= 4 is 29.9 Å². The minimum atomic E-state index is -0.306. The van der Waals surface area contributed by atoms with Crippen molar-refractivity contribution in [2.45, 2.75) is 26.5 Å². The van der Waals surface area contributed by atoms with E-state index in [2.05, 4.69) is 20.7 Å². The first-order valence-corrected chi connectivity index (χ1v) is 7.92. The molecule has 2 aromatic rings. The summed E-state index contributed by atoms with van der Waals surface area (Å²) in [7, 11) is 1.71. The van der Waals surface area contributed by atoms with Gasteiger partial charge in [-0.25, -0.2) is 4.39 Å². The first kappa shape index (κ1) is 21.2. The third-order valence-electron chi connectivity index (χ3n) is 3.31. The van der Waals surface area contributed by atoms with Crippen LogP contribution in [-0.4, -0.2) is 42.0 Å². The normalized spacial score (nSPS) is 12.2. The fourth-order valence-electron chi connectivity index (χ4n) is 2.15. The SMILES string of the molecule is CN=C(NCCn1cc(C)cn1)NCC(C)Oc1cccc(F)c1.I. The second kappa shape index (κ2) is 10.9. The Balaban J connectivity index is 0.00000312. The topological polar surface area (TPSA) is 63.5 Å². The van der Waals surface area contributed by atoms with Gasteiger partial charge in [-0.05, 0) is 31.5 Å². The zero-order chi connectivity index (χ0) is 17.4. The van der Waals surface area contributed by atoms with Gasteiger partial charge in [0.25, 0.3) is 0 Å². The molecule has 6 nitrogen and oxygen atoms in total. The molecule has 0 aliphatic rings. The molecule has 0 saturated heterocycles. The van der Waals surface area contributed by atoms with Crippen LogP contribution < -0.4 is 15.4 Å². The fraction of sp³-hybridized carbons (Fsp3) is 0.412. The van der Waals surface area contributed by atoms with E-state index in [1.165, 1.54) is 12.1 Å². The van der Waals surface area contributed by atoms with Gasteiger partial charge in [-0.15, -0.1) is 24.0 Å². The van der Waals surface area contributed by atoms with Crippen molar-refractivity contribution in [2.24, 2.45) is 4.99 Å². The highest BCUT2D eigenvalue weighted by Crippen LogP contribution is 2.13. The lowest BCUT2D eigenvalue weighted by Gasteiger charge is -2.17. The lowest BCUT2D eigenvalue weighted by atomic mass is 10.3. The summed E-state index contributed by atoms with van der Waals surface area (Å²) in [4.78, 5) is 4.17. The molecule has 0 saturated carbocycles. The molecule has 0 radical (unpaired) electrons. The maximum absolute atomic E-state index is 13.1. The molecule has 1 aromatic heterocycles. The maximum Gasteiger partial charge on any atom is 0.191 e. The summed E-state index contributed by atoms with van der Waals surface area (Å²) in [5.74, 6) is 0.897. The van der Waals surface area contributed by atoms with Crippen molar-refractivity contribution in [2.75, 3.05) is 20.1 Å². The zero-order valence-corrected chi connectivity index (χ0v) is 17.0. The van der Waals surface area contributed by atoms with Crippen LogP contribution in [0, 0.1) is 12.7 Å². The van der Waals surface area contributed by atoms with Gasteiger partial charge >= 0.3 is 0 Å². The van der Waals surface area contributed by atoms with Gasteiger partial charge in [0.2, 0.25) is 0 Å². The van der Waals surface area contributed by atoms with Crippen LogP contribution in [0.25, 0.3) is 0 Å². The number of rotatable bonds is 7. The number of hydrogen-bond acceptors (Lipinski definition) is 3. The first-order valence-electron chi connectivity index (χ1n) is 7.92. The number of aliphatic imine (C=N–C) groups is 1. The number of aromatic nitrogens is 2. The Morgan fingerprint density at radius 1 is 1.40 bits per heavy atom. The highest BCUT2D eigenvalue weighted by molar-refractivity contribution is 14.0. The average molecular weight is 461 g/mol. The summed E-state index contributed by atoms with van der Waals surface area (Å²) in [6, 6.07) is 6.12. The highest BCUT2D eigenvalue weighted by atomic mass is 127. The van der Waals surface area contributed by atoms with Crippen molar-refractivity contribution < 1.29 is 9.13 Å². The van der Waals surface area contributed by atoms with Gasteiger partial charge in [0.05, 0.1) is 19.3 Å². The molecule has 25 heavy (non-hydrogen) atoms. The van der Waals surface area contributed by atoms with E-state index in [1.54, 1.807) is 19.2 Å². The van der Waals surface area contributed by atoms with Crippen LogP contribution in [0.4, 0.5) is 4.39 Å². The van der Waals surface area contributed by atoms with E-state index in [4.69, 9.17) is 4.74 Å². The first-order chi connectivity index (χ1) is 11.6. The number of guanidine groups is 1. The molecule has 0 fully saturated rings. The van der Waals surface area contributed by atoms with E-state index in [0.29, 0.717) is 24.8 Å². The average Bonchev–Trinajstić information content (AvgIpc) is 2.96. The van der Waals surface area contributed by atoms with Crippen LogP contribution in [0.3, 0.4) is 0 Å². The molecular weight excluding hydrogens is 436 g/mol. The molecule has 8 heteroatoms. The van der Waals surface area contributed by atoms with Crippen molar-refractivity contribution in [3.05, 3.63) is 48.0 Å². The minimum absolute atomic E-state index is 0. The van der Waals surface area contributed by atoms with Crippen molar-refractivity contribution in [1.82, 2.24) is 20.4 Å². The molecule has 2 rings (SSSR count). The fourth-order valence-corrected chi connectivity index (χ4v) is 2.15. The quantitative estimate of drug-likeness (QED) is 0.378. The number of benzene rings is 1. The molecule has 0 aliphatic heterocycles. The molecular formula is C17H25FIN5O. The molecule has 1 aromatic carbocycles. The summed E-state index contributed by atoms with van der Waals surface area (Å²) in [5.41, 5.74) is 1.14. The van der Waals surface area contributed by atoms with Crippen LogP contribution >= 0.6 is 24.0 Å². The third-order valence-corrected chi connectivity index (χ3v) is 3.31. The minimum Gasteiger partial charge on any atom is -0.489 e. The van der Waals surface area contributed by atoms with E-state index in [0.717, 1.165) is 12.1 Å². The predicted molar refractivity (Wildman–Crippen MR) is 108 cm³/mol. The van der Waals surface area contributed by atoms with Crippen molar-refractivity contribution in [3.63, 3.8) is 0 Å². The maximum atomic E-state index is 13.1. The predicted octanol–water partition coefficient (Wildman–Crippen LogP) is 2.58. The Morgan fingerprint density at radius 3 is 2.84 bits per heavy atom. The van der Waals surface area contributed by atoms with Gasteiger partial charge in [0, 0.05) is 25.9 Å². The smallest absolute Gasteiger partial charge is 0.191 e. The molecule has 0 spiro atoms. The number of nitrogens with one attached hydrogen (secondary N) is 2. The zero-order valence-electron chi connectivity index (χ0n) is 14.7. The molecule has 1 unspecified atom stereocenters. The van der Waals surface area contributed by atoms with E-state index >= 15 is 0 Å². The lowest BCUT2D eigenvalue weighted by Crippen LogP contribution is -2.42. The molecule has 0 aliphatic carbocycles. The van der Waals surface area contributed by atoms with Gasteiger partial charge in [0.15, 0.2) is 5.96 Å². The second-order valence-corrected chi connectivity index (χ2v) is 5.55. The van der Waals surface area contributed by atoms with Gasteiger partial charge in [-0.3, -0.25) is 9.67 Å². The largest absolute Gasteiger partial charge is 0.489 e. The summed E-state index contributed by atoms with van der Waals surface area (Å²) in [5, 5.41) is 10.6. The van der Waals surface area contributed by atoms with E-state index in [-0.39, 0.29) is 35.9 Å². The van der Waals surface area contributed by atoms with Crippen molar-refractivity contribution in [3.8, 4) is 5.75 Å². The lowest BCUT2D eigenvalue weighted by molar-refractivity contribution is 0.223. The Bertz CT molecular complexity index is 677. The number of ether oxygens (including phenoxy) is 1. The number of nitrogens with zero attached hydrogens (tertiary/aromatic N) is 3. The van der Waals surface area contributed by atoms with Crippen LogP contribution in [-0.2, 0) is 6.54 Å². The number of halogens is 2.